The first-order chi connectivity index (χ1) is 11.4. The molecule has 1 aliphatic heterocycles. The molecule has 0 saturated carbocycles. The summed E-state index contributed by atoms with van der Waals surface area (Å²) in [5.41, 5.74) is 0. The van der Waals surface area contributed by atoms with Crippen LogP contribution in [0.15, 0.2) is 0 Å². The maximum Gasteiger partial charge on any atom is 0.242 e. The predicted molar refractivity (Wildman–Crippen MR) is 89.4 cm³/mol. The van der Waals surface area contributed by atoms with Gasteiger partial charge in [-0.15, -0.1) is 0 Å². The molecule has 138 valence electrons. The van der Waals surface area contributed by atoms with Gasteiger partial charge in [-0.1, -0.05) is 6.92 Å². The molecule has 1 aliphatic rings. The number of hydrogen-bond donors (Lipinski definition) is 2. The lowest BCUT2D eigenvalue weighted by molar-refractivity contribution is -0.141. The molecule has 1 rings (SSSR count). The molecule has 0 aliphatic carbocycles. The number of likely N-dealkylation sites (tertiary alicyclic amines) is 1. The van der Waals surface area contributed by atoms with Crippen LogP contribution in [0.2, 0.25) is 0 Å². The highest BCUT2D eigenvalue weighted by molar-refractivity contribution is 7.81. The van der Waals surface area contributed by atoms with Crippen molar-refractivity contribution in [1.82, 2.24) is 9.80 Å². The van der Waals surface area contributed by atoms with Crippen LogP contribution < -0.4 is 0 Å². The van der Waals surface area contributed by atoms with Gasteiger partial charge in [0.15, 0.2) is 0 Å². The van der Waals surface area contributed by atoms with Crippen LogP contribution in [0.1, 0.15) is 26.7 Å². The smallest absolute Gasteiger partial charge is 0.242 e. The fourth-order valence-corrected chi connectivity index (χ4v) is 2.57. The zero-order valence-electron chi connectivity index (χ0n) is 14.1. The van der Waals surface area contributed by atoms with Crippen LogP contribution in [-0.4, -0.2) is 83.6 Å². The monoisotopic (exact) mass is 362 g/mol. The molecule has 2 atom stereocenters. The van der Waals surface area contributed by atoms with E-state index in [-0.39, 0.29) is 37.3 Å². The van der Waals surface area contributed by atoms with Gasteiger partial charge in [0.1, 0.15) is 6.23 Å². The Kier molecular flexibility index (Phi) is 9.27. The highest BCUT2D eigenvalue weighted by atomic mass is 32.1. The molecule has 1 fully saturated rings. The average Bonchev–Trinajstić information content (AvgIpc) is 2.78. The number of nitrogens with zero attached hydrogens (tertiary/aromatic N) is 2. The second kappa shape index (κ2) is 10.7. The minimum atomic E-state index is -0.798. The first-order valence-corrected chi connectivity index (χ1v) is 8.53. The van der Waals surface area contributed by atoms with Crippen molar-refractivity contribution in [3.05, 3.63) is 0 Å². The maximum atomic E-state index is 11.6. The molecule has 0 aromatic rings. The van der Waals surface area contributed by atoms with Crippen LogP contribution in [-0.2, 0) is 23.9 Å². The third-order valence-corrected chi connectivity index (χ3v) is 4.06. The summed E-state index contributed by atoms with van der Waals surface area (Å²) in [5, 5.41) is 9.15. The Labute approximate surface area is 147 Å². The SMILES string of the molecule is CCC(O)N(CCOCCOCCN1C(=O)CC(S)C1=O)C(C)=O. The Morgan fingerprint density at radius 3 is 2.46 bits per heavy atom. The molecule has 3 amide bonds. The Hall–Kier alpha value is -1.16. The first kappa shape index (κ1) is 20.9. The molecule has 24 heavy (non-hydrogen) atoms. The lowest BCUT2D eigenvalue weighted by atomic mass is 10.3. The second-order valence-corrected chi connectivity index (χ2v) is 6.05. The third kappa shape index (κ3) is 6.39. The molecule has 0 spiro atoms. The van der Waals surface area contributed by atoms with Gasteiger partial charge in [0.2, 0.25) is 17.7 Å². The number of aliphatic hydroxyl groups is 1. The van der Waals surface area contributed by atoms with Gasteiger partial charge in [0.05, 0.1) is 38.2 Å². The lowest BCUT2D eigenvalue weighted by Gasteiger charge is -2.25. The topological polar surface area (TPSA) is 96.4 Å². The van der Waals surface area contributed by atoms with Gasteiger partial charge in [-0.2, -0.15) is 12.6 Å². The fourth-order valence-electron chi connectivity index (χ4n) is 2.28. The van der Waals surface area contributed by atoms with E-state index in [2.05, 4.69) is 12.6 Å². The standard InChI is InChI=1S/C15H26N2O6S/c1-3-13(19)16(11(2)18)4-6-22-8-9-23-7-5-17-14(20)10-12(24)15(17)21/h12-13,19,24H,3-10H2,1-2H3. The number of imide groups is 1. The molecule has 0 aromatic carbocycles. The number of carbonyl (C=O) groups is 3. The zero-order valence-corrected chi connectivity index (χ0v) is 15.0. The van der Waals surface area contributed by atoms with Crippen molar-refractivity contribution in [2.24, 2.45) is 0 Å². The fraction of sp³-hybridized carbons (Fsp3) is 0.800. The summed E-state index contributed by atoms with van der Waals surface area (Å²) >= 11 is 4.04. The lowest BCUT2D eigenvalue weighted by Crippen LogP contribution is -2.40. The van der Waals surface area contributed by atoms with Crippen LogP contribution in [0, 0.1) is 0 Å². The highest BCUT2D eigenvalue weighted by Gasteiger charge is 2.35. The Morgan fingerprint density at radius 1 is 1.33 bits per heavy atom. The predicted octanol–water partition coefficient (Wildman–Crippen LogP) is -0.346. The number of amides is 3. The van der Waals surface area contributed by atoms with Crippen molar-refractivity contribution in [1.29, 1.82) is 0 Å². The van der Waals surface area contributed by atoms with Crippen molar-refractivity contribution in [3.8, 4) is 0 Å². The summed E-state index contributed by atoms with van der Waals surface area (Å²) in [6.45, 7) is 4.90. The summed E-state index contributed by atoms with van der Waals surface area (Å²) in [5.74, 6) is -0.702. The minimum absolute atomic E-state index is 0.140. The summed E-state index contributed by atoms with van der Waals surface area (Å²) in [7, 11) is 0. The van der Waals surface area contributed by atoms with Gasteiger partial charge in [-0.3, -0.25) is 19.3 Å². The van der Waals surface area contributed by atoms with Crippen LogP contribution in [0.3, 0.4) is 0 Å². The normalized spacial score (nSPS) is 19.0. The van der Waals surface area contributed by atoms with E-state index in [1.807, 2.05) is 0 Å². The van der Waals surface area contributed by atoms with E-state index in [1.165, 1.54) is 11.8 Å². The summed E-state index contributed by atoms with van der Waals surface area (Å²) in [4.78, 5) is 37.0. The Morgan fingerprint density at radius 2 is 1.96 bits per heavy atom. The van der Waals surface area contributed by atoms with Crippen molar-refractivity contribution >= 4 is 30.4 Å². The van der Waals surface area contributed by atoms with E-state index in [0.717, 1.165) is 4.90 Å². The van der Waals surface area contributed by atoms with Gasteiger partial charge >= 0.3 is 0 Å². The van der Waals surface area contributed by atoms with Gasteiger partial charge < -0.3 is 19.5 Å². The molecule has 1 saturated heterocycles. The largest absolute Gasteiger partial charge is 0.377 e. The number of hydrogen-bond acceptors (Lipinski definition) is 7. The van der Waals surface area contributed by atoms with E-state index >= 15 is 0 Å². The third-order valence-electron chi connectivity index (χ3n) is 3.66. The summed E-state index contributed by atoms with van der Waals surface area (Å²) in [6, 6.07) is 0. The number of rotatable bonds is 11. The Balaban J connectivity index is 2.07. The average molecular weight is 362 g/mol. The van der Waals surface area contributed by atoms with Crippen molar-refractivity contribution in [3.63, 3.8) is 0 Å². The molecule has 1 N–H and O–H groups in total. The van der Waals surface area contributed by atoms with Crippen LogP contribution in [0.4, 0.5) is 0 Å². The molecule has 0 bridgehead atoms. The van der Waals surface area contributed by atoms with E-state index < -0.39 is 11.5 Å². The molecule has 0 aromatic heterocycles. The summed E-state index contributed by atoms with van der Waals surface area (Å²) < 4.78 is 10.7. The molecule has 8 nitrogen and oxygen atoms in total. The number of carbonyl (C=O) groups excluding carboxylic acids is 3. The number of thiol groups is 1. The van der Waals surface area contributed by atoms with Gasteiger partial charge in [-0.25, -0.2) is 0 Å². The van der Waals surface area contributed by atoms with E-state index in [9.17, 15) is 19.5 Å². The minimum Gasteiger partial charge on any atom is -0.377 e. The molecule has 0 radical (unpaired) electrons. The molecule has 2 unspecified atom stereocenters. The molecule has 1 heterocycles. The zero-order chi connectivity index (χ0) is 18.1. The quantitative estimate of drug-likeness (QED) is 0.226. The highest BCUT2D eigenvalue weighted by Crippen LogP contribution is 2.17. The van der Waals surface area contributed by atoms with Crippen molar-refractivity contribution in [2.45, 2.75) is 38.2 Å². The van der Waals surface area contributed by atoms with Crippen LogP contribution >= 0.6 is 12.6 Å². The van der Waals surface area contributed by atoms with E-state index in [0.29, 0.717) is 32.8 Å². The van der Waals surface area contributed by atoms with E-state index in [1.54, 1.807) is 6.92 Å². The van der Waals surface area contributed by atoms with Crippen molar-refractivity contribution in [2.75, 3.05) is 39.5 Å². The van der Waals surface area contributed by atoms with Gasteiger partial charge in [0, 0.05) is 19.9 Å². The van der Waals surface area contributed by atoms with Crippen molar-refractivity contribution < 1.29 is 29.0 Å². The molecular weight excluding hydrogens is 336 g/mol. The summed E-state index contributed by atoms with van der Waals surface area (Å²) in [6.07, 6.45) is -0.195. The van der Waals surface area contributed by atoms with Gasteiger partial charge in [0.25, 0.3) is 0 Å². The molecule has 9 heteroatoms. The van der Waals surface area contributed by atoms with Gasteiger partial charge in [-0.05, 0) is 6.42 Å². The Bertz CT molecular complexity index is 448. The first-order valence-electron chi connectivity index (χ1n) is 8.01. The van der Waals surface area contributed by atoms with E-state index in [4.69, 9.17) is 9.47 Å². The van der Waals surface area contributed by atoms with Crippen LogP contribution in [0.25, 0.3) is 0 Å². The molecular formula is C15H26N2O6S. The maximum absolute atomic E-state index is 11.6. The van der Waals surface area contributed by atoms with Crippen LogP contribution in [0.5, 0.6) is 0 Å². The number of ether oxygens (including phenoxy) is 2. The number of aliphatic hydroxyl groups excluding tert-OH is 1. The second-order valence-electron chi connectivity index (χ2n) is 5.43.